The van der Waals surface area contributed by atoms with Gasteiger partial charge < -0.3 is 20.1 Å². The lowest BCUT2D eigenvalue weighted by atomic mass is 10.0. The predicted molar refractivity (Wildman–Crippen MR) is 95.5 cm³/mol. The number of amides is 1. The van der Waals surface area contributed by atoms with Crippen molar-refractivity contribution < 1.29 is 23.0 Å². The molecule has 2 unspecified atom stereocenters. The van der Waals surface area contributed by atoms with Gasteiger partial charge in [0, 0.05) is 26.5 Å². The molecular weight excluding hydrogens is 356 g/mol. The lowest BCUT2D eigenvalue weighted by Gasteiger charge is -2.21. The Kier molecular flexibility index (Phi) is 6.31. The van der Waals surface area contributed by atoms with Crippen LogP contribution in [0.25, 0.3) is 0 Å². The summed E-state index contributed by atoms with van der Waals surface area (Å²) in [4.78, 5) is 16.2. The van der Waals surface area contributed by atoms with Crippen molar-refractivity contribution in [3.05, 3.63) is 59.3 Å². The molecule has 8 heteroatoms. The third-order valence-corrected chi connectivity index (χ3v) is 4.31. The fourth-order valence-corrected chi connectivity index (χ4v) is 2.93. The molecule has 1 fully saturated rings. The van der Waals surface area contributed by atoms with Crippen molar-refractivity contribution in [3.63, 3.8) is 0 Å². The third-order valence-electron chi connectivity index (χ3n) is 4.31. The highest BCUT2D eigenvalue weighted by Gasteiger charge is 2.30. The van der Waals surface area contributed by atoms with E-state index in [4.69, 9.17) is 9.47 Å². The molecule has 0 aliphatic carbocycles. The largest absolute Gasteiger partial charge is 0.383 e. The molecule has 0 bridgehead atoms. The average Bonchev–Trinajstić information content (AvgIpc) is 3.13. The summed E-state index contributed by atoms with van der Waals surface area (Å²) in [7, 11) is 1.56. The number of anilines is 1. The first kappa shape index (κ1) is 19.2. The molecule has 1 amide bonds. The number of ether oxygens (including phenoxy) is 2. The minimum absolute atomic E-state index is 0.135. The van der Waals surface area contributed by atoms with E-state index in [0.717, 1.165) is 12.1 Å². The molecule has 6 nitrogen and oxygen atoms in total. The molecule has 1 aromatic heterocycles. The summed E-state index contributed by atoms with van der Waals surface area (Å²) in [6, 6.07) is 7.00. The number of methoxy groups -OCH3 is 1. The van der Waals surface area contributed by atoms with Crippen molar-refractivity contribution in [2.24, 2.45) is 0 Å². The van der Waals surface area contributed by atoms with Crippen LogP contribution in [0, 0.1) is 11.6 Å². The molecule has 1 aromatic carbocycles. The van der Waals surface area contributed by atoms with Gasteiger partial charge in [0.15, 0.2) is 11.6 Å². The minimum Gasteiger partial charge on any atom is -0.383 e. The normalized spacial score (nSPS) is 19.1. The highest BCUT2D eigenvalue weighted by Crippen LogP contribution is 2.31. The molecule has 2 heterocycles. The van der Waals surface area contributed by atoms with Gasteiger partial charge in [0.05, 0.1) is 18.2 Å². The molecule has 144 valence electrons. The zero-order valence-corrected chi connectivity index (χ0v) is 14.9. The van der Waals surface area contributed by atoms with Gasteiger partial charge in [-0.3, -0.25) is 4.79 Å². The van der Waals surface area contributed by atoms with Crippen LogP contribution in [0.1, 0.15) is 28.4 Å². The first-order valence-electron chi connectivity index (χ1n) is 8.65. The van der Waals surface area contributed by atoms with Gasteiger partial charge in [-0.25, -0.2) is 13.8 Å². The summed E-state index contributed by atoms with van der Waals surface area (Å²) in [5, 5.41) is 5.96. The van der Waals surface area contributed by atoms with Crippen LogP contribution in [0.5, 0.6) is 0 Å². The van der Waals surface area contributed by atoms with E-state index in [1.165, 1.54) is 12.3 Å². The monoisotopic (exact) mass is 377 g/mol. The van der Waals surface area contributed by atoms with E-state index in [-0.39, 0.29) is 11.9 Å². The Morgan fingerprint density at radius 2 is 2.15 bits per heavy atom. The van der Waals surface area contributed by atoms with Crippen molar-refractivity contribution in [2.75, 3.05) is 32.2 Å². The van der Waals surface area contributed by atoms with E-state index in [2.05, 4.69) is 15.6 Å². The predicted octanol–water partition coefficient (Wildman–Crippen LogP) is 2.68. The quantitative estimate of drug-likeness (QED) is 0.726. The molecule has 2 atom stereocenters. The second-order valence-electron chi connectivity index (χ2n) is 6.19. The molecule has 2 N–H and O–H groups in total. The number of halogens is 2. The summed E-state index contributed by atoms with van der Waals surface area (Å²) in [6.45, 7) is 1.36. The molecule has 1 aliphatic heterocycles. The second kappa shape index (κ2) is 8.88. The van der Waals surface area contributed by atoms with Crippen LogP contribution in [0.2, 0.25) is 0 Å². The van der Waals surface area contributed by atoms with Crippen molar-refractivity contribution in [1.29, 1.82) is 0 Å². The number of hydrogen-bond acceptors (Lipinski definition) is 5. The molecule has 0 saturated carbocycles. The second-order valence-corrected chi connectivity index (χ2v) is 6.19. The van der Waals surface area contributed by atoms with Gasteiger partial charge in [0.25, 0.3) is 5.91 Å². The number of benzene rings is 1. The van der Waals surface area contributed by atoms with Crippen molar-refractivity contribution in [1.82, 2.24) is 10.3 Å². The average molecular weight is 377 g/mol. The van der Waals surface area contributed by atoms with Crippen LogP contribution in [-0.2, 0) is 9.47 Å². The number of carbonyl (C=O) groups excluding carboxylic acids is 1. The zero-order valence-electron chi connectivity index (χ0n) is 14.9. The number of nitrogens with zero attached hydrogens (tertiary/aromatic N) is 1. The zero-order chi connectivity index (χ0) is 19.2. The molecule has 0 spiro atoms. The number of aromatic nitrogens is 1. The Hall–Kier alpha value is -2.58. The van der Waals surface area contributed by atoms with Gasteiger partial charge in [-0.1, -0.05) is 6.07 Å². The van der Waals surface area contributed by atoms with Crippen LogP contribution in [-0.4, -0.2) is 43.8 Å². The number of pyridine rings is 1. The van der Waals surface area contributed by atoms with Crippen molar-refractivity contribution >= 4 is 11.7 Å². The van der Waals surface area contributed by atoms with Crippen LogP contribution in [0.3, 0.4) is 0 Å². The molecule has 27 heavy (non-hydrogen) atoms. The minimum atomic E-state index is -0.899. The summed E-state index contributed by atoms with van der Waals surface area (Å²) < 4.78 is 37.2. The lowest BCUT2D eigenvalue weighted by Crippen LogP contribution is -2.27. The fraction of sp³-hybridized carbons (Fsp3) is 0.368. The van der Waals surface area contributed by atoms with E-state index < -0.39 is 17.7 Å². The Morgan fingerprint density at radius 3 is 2.85 bits per heavy atom. The first-order chi connectivity index (χ1) is 13.1. The molecule has 3 rings (SSSR count). The molecule has 1 aliphatic rings. The Balaban J connectivity index is 1.63. The van der Waals surface area contributed by atoms with E-state index in [1.54, 1.807) is 19.2 Å². The van der Waals surface area contributed by atoms with Gasteiger partial charge in [-0.2, -0.15) is 0 Å². The molecule has 0 radical (unpaired) electrons. The lowest BCUT2D eigenvalue weighted by molar-refractivity contribution is 0.0936. The number of nitrogens with one attached hydrogen (secondary N) is 2. The SMILES string of the molecule is COCCNC(=O)c1ccc(NC2CCOC2c2ccc(F)c(F)c2)nc1. The molecular formula is C19H21F2N3O3. The van der Waals surface area contributed by atoms with E-state index in [9.17, 15) is 13.6 Å². The summed E-state index contributed by atoms with van der Waals surface area (Å²) >= 11 is 0. The first-order valence-corrected chi connectivity index (χ1v) is 8.65. The maximum Gasteiger partial charge on any atom is 0.252 e. The third kappa shape index (κ3) is 4.78. The van der Waals surface area contributed by atoms with Gasteiger partial charge >= 0.3 is 0 Å². The van der Waals surface area contributed by atoms with Crippen LogP contribution in [0.15, 0.2) is 36.5 Å². The van der Waals surface area contributed by atoms with Gasteiger partial charge in [0.2, 0.25) is 0 Å². The van der Waals surface area contributed by atoms with E-state index in [1.807, 2.05) is 0 Å². The Bertz CT molecular complexity index is 786. The smallest absolute Gasteiger partial charge is 0.252 e. The van der Waals surface area contributed by atoms with Crippen LogP contribution in [0.4, 0.5) is 14.6 Å². The highest BCUT2D eigenvalue weighted by atomic mass is 19.2. The molecule has 1 saturated heterocycles. The van der Waals surface area contributed by atoms with Crippen LogP contribution >= 0.6 is 0 Å². The standard InChI is InChI=1S/C19H21F2N3O3/c1-26-9-7-22-19(25)13-3-5-17(23-11-13)24-16-6-8-27-18(16)12-2-4-14(20)15(21)10-12/h2-5,10-11,16,18H,6-9H2,1H3,(H,22,25)(H,23,24). The maximum absolute atomic E-state index is 13.5. The van der Waals surface area contributed by atoms with Gasteiger partial charge in [-0.15, -0.1) is 0 Å². The fourth-order valence-electron chi connectivity index (χ4n) is 2.93. The topological polar surface area (TPSA) is 72.5 Å². The van der Waals surface area contributed by atoms with Gasteiger partial charge in [0.1, 0.15) is 11.9 Å². The van der Waals surface area contributed by atoms with Crippen molar-refractivity contribution in [2.45, 2.75) is 18.6 Å². The summed E-state index contributed by atoms with van der Waals surface area (Å²) in [6.07, 6.45) is 1.77. The van der Waals surface area contributed by atoms with E-state index in [0.29, 0.717) is 43.1 Å². The number of rotatable bonds is 7. The van der Waals surface area contributed by atoms with Crippen molar-refractivity contribution in [3.8, 4) is 0 Å². The van der Waals surface area contributed by atoms with Crippen LogP contribution < -0.4 is 10.6 Å². The number of carbonyl (C=O) groups is 1. The summed E-state index contributed by atoms with van der Waals surface area (Å²) in [5.74, 6) is -1.44. The highest BCUT2D eigenvalue weighted by molar-refractivity contribution is 5.94. The molecule has 2 aromatic rings. The summed E-state index contributed by atoms with van der Waals surface area (Å²) in [5.41, 5.74) is 1.01. The Morgan fingerprint density at radius 1 is 1.30 bits per heavy atom. The van der Waals surface area contributed by atoms with E-state index >= 15 is 0 Å². The number of hydrogen-bond donors (Lipinski definition) is 2. The Labute approximate surface area is 155 Å². The maximum atomic E-state index is 13.5. The van der Waals surface area contributed by atoms with Gasteiger partial charge in [-0.05, 0) is 36.2 Å².